The summed E-state index contributed by atoms with van der Waals surface area (Å²) in [6.07, 6.45) is 1.57. The number of aryl methyl sites for hydroxylation is 1. The molecule has 0 unspecified atom stereocenters. The van der Waals surface area contributed by atoms with Crippen LogP contribution in [0, 0.1) is 6.92 Å². The molecule has 2 heterocycles. The van der Waals surface area contributed by atoms with E-state index >= 15 is 0 Å². The molecule has 0 N–H and O–H groups in total. The maximum absolute atomic E-state index is 5.72. The highest BCUT2D eigenvalue weighted by atomic mass is 32.2. The van der Waals surface area contributed by atoms with Gasteiger partial charge in [0.25, 0.3) is 5.22 Å². The van der Waals surface area contributed by atoms with Crippen molar-refractivity contribution in [3.8, 4) is 11.5 Å². The average molecular weight is 392 g/mol. The van der Waals surface area contributed by atoms with Crippen molar-refractivity contribution in [3.63, 3.8) is 0 Å². The number of thiazole rings is 1. The summed E-state index contributed by atoms with van der Waals surface area (Å²) < 4.78 is 16.9. The molecular formula is C18H21N3O3S2. The van der Waals surface area contributed by atoms with Crippen LogP contribution in [0.2, 0.25) is 0 Å². The van der Waals surface area contributed by atoms with Gasteiger partial charge in [0.2, 0.25) is 5.89 Å². The number of aromatic nitrogens is 3. The molecule has 0 spiro atoms. The molecule has 0 radical (unpaired) electrons. The molecule has 2 aromatic heterocycles. The monoisotopic (exact) mass is 391 g/mol. The smallest absolute Gasteiger partial charge is 0.276 e. The molecule has 0 saturated carbocycles. The summed E-state index contributed by atoms with van der Waals surface area (Å²) in [5, 5.41) is 11.7. The van der Waals surface area contributed by atoms with Crippen molar-refractivity contribution in [2.75, 3.05) is 19.0 Å². The van der Waals surface area contributed by atoms with Crippen molar-refractivity contribution in [1.29, 1.82) is 0 Å². The van der Waals surface area contributed by atoms with E-state index in [-0.39, 0.29) is 0 Å². The molecule has 1 aromatic carbocycles. The fourth-order valence-corrected chi connectivity index (χ4v) is 3.36. The molecule has 0 fully saturated rings. The lowest BCUT2D eigenvalue weighted by atomic mass is 10.3. The highest BCUT2D eigenvalue weighted by Gasteiger charge is 2.09. The van der Waals surface area contributed by atoms with E-state index in [1.54, 1.807) is 11.3 Å². The van der Waals surface area contributed by atoms with E-state index in [1.165, 1.54) is 11.8 Å². The minimum atomic E-state index is 0.555. The Bertz CT molecular complexity index is 802. The number of benzene rings is 1. The van der Waals surface area contributed by atoms with Gasteiger partial charge in [-0.25, -0.2) is 4.98 Å². The fraction of sp³-hybridized carbons (Fsp3) is 0.389. The summed E-state index contributed by atoms with van der Waals surface area (Å²) in [6, 6.07) is 7.66. The number of thioether (sulfide) groups is 1. The topological polar surface area (TPSA) is 70.3 Å². The van der Waals surface area contributed by atoms with Gasteiger partial charge in [-0.15, -0.1) is 21.5 Å². The molecule has 8 heteroatoms. The van der Waals surface area contributed by atoms with Gasteiger partial charge < -0.3 is 13.9 Å². The van der Waals surface area contributed by atoms with Gasteiger partial charge in [0.1, 0.15) is 11.5 Å². The van der Waals surface area contributed by atoms with Crippen molar-refractivity contribution in [3.05, 3.63) is 46.2 Å². The zero-order chi connectivity index (χ0) is 18.2. The van der Waals surface area contributed by atoms with E-state index in [0.29, 0.717) is 24.1 Å². The maximum Gasteiger partial charge on any atom is 0.276 e. The molecule has 138 valence electrons. The Labute approximate surface area is 161 Å². The SMILES string of the molecule is CCCOc1ccc(OCCSc2nnc(Cc3csc(C)n3)o2)cc1. The lowest BCUT2D eigenvalue weighted by Crippen LogP contribution is -2.00. The predicted octanol–water partition coefficient (Wildman–Crippen LogP) is 4.39. The van der Waals surface area contributed by atoms with E-state index in [2.05, 4.69) is 22.1 Å². The normalized spacial score (nSPS) is 10.8. The Hall–Kier alpha value is -2.06. The van der Waals surface area contributed by atoms with Crippen LogP contribution in [0.5, 0.6) is 11.5 Å². The standard InChI is InChI=1S/C18H21N3O3S2/c1-3-8-22-15-4-6-16(7-5-15)23-9-10-25-18-21-20-17(24-18)11-14-12-26-13(2)19-14/h4-7,12H,3,8-11H2,1-2H3. The first-order valence-electron chi connectivity index (χ1n) is 8.45. The maximum atomic E-state index is 5.72. The molecule has 0 amide bonds. The Morgan fingerprint density at radius 1 is 1.08 bits per heavy atom. The van der Waals surface area contributed by atoms with Crippen LogP contribution in [0.1, 0.15) is 29.9 Å². The van der Waals surface area contributed by atoms with Crippen molar-refractivity contribution < 1.29 is 13.9 Å². The Kier molecular flexibility index (Phi) is 6.90. The summed E-state index contributed by atoms with van der Waals surface area (Å²) in [5.74, 6) is 2.99. The Morgan fingerprint density at radius 3 is 2.46 bits per heavy atom. The highest BCUT2D eigenvalue weighted by Crippen LogP contribution is 2.20. The second-order valence-corrected chi connectivity index (χ2v) is 7.62. The number of hydrogen-bond donors (Lipinski definition) is 0. The molecule has 6 nitrogen and oxygen atoms in total. The summed E-state index contributed by atoms with van der Waals surface area (Å²) >= 11 is 3.10. The van der Waals surface area contributed by atoms with Gasteiger partial charge in [-0.2, -0.15) is 0 Å². The van der Waals surface area contributed by atoms with Gasteiger partial charge >= 0.3 is 0 Å². The lowest BCUT2D eigenvalue weighted by Gasteiger charge is -2.07. The van der Waals surface area contributed by atoms with E-state index in [9.17, 15) is 0 Å². The molecule has 3 aromatic rings. The average Bonchev–Trinajstić information content (AvgIpc) is 3.27. The van der Waals surface area contributed by atoms with Gasteiger partial charge in [0.15, 0.2) is 0 Å². The highest BCUT2D eigenvalue weighted by molar-refractivity contribution is 7.99. The van der Waals surface area contributed by atoms with Crippen LogP contribution < -0.4 is 9.47 Å². The van der Waals surface area contributed by atoms with Crippen LogP contribution in [-0.2, 0) is 6.42 Å². The van der Waals surface area contributed by atoms with E-state index < -0.39 is 0 Å². The van der Waals surface area contributed by atoms with Gasteiger partial charge in [-0.05, 0) is 37.6 Å². The Morgan fingerprint density at radius 2 is 1.81 bits per heavy atom. The number of ether oxygens (including phenoxy) is 2. The van der Waals surface area contributed by atoms with E-state index in [4.69, 9.17) is 13.9 Å². The minimum Gasteiger partial charge on any atom is -0.494 e. The lowest BCUT2D eigenvalue weighted by molar-refractivity contribution is 0.314. The molecule has 0 aliphatic carbocycles. The van der Waals surface area contributed by atoms with Crippen molar-refractivity contribution in [2.45, 2.75) is 31.9 Å². The van der Waals surface area contributed by atoms with Gasteiger partial charge in [-0.3, -0.25) is 0 Å². The number of nitrogens with zero attached hydrogens (tertiary/aromatic N) is 3. The zero-order valence-corrected chi connectivity index (χ0v) is 16.4. The molecule has 3 rings (SSSR count). The van der Waals surface area contributed by atoms with Crippen molar-refractivity contribution >= 4 is 23.1 Å². The summed E-state index contributed by atoms with van der Waals surface area (Å²) in [5.41, 5.74) is 0.961. The molecule has 0 bridgehead atoms. The molecule has 0 saturated heterocycles. The van der Waals surface area contributed by atoms with Gasteiger partial charge in [-0.1, -0.05) is 18.7 Å². The largest absolute Gasteiger partial charge is 0.494 e. The third-order valence-electron chi connectivity index (χ3n) is 3.32. The quantitative estimate of drug-likeness (QED) is 0.375. The predicted molar refractivity (Wildman–Crippen MR) is 102 cm³/mol. The first-order chi connectivity index (χ1) is 12.7. The van der Waals surface area contributed by atoms with Crippen molar-refractivity contribution in [2.24, 2.45) is 0 Å². The number of hydrogen-bond acceptors (Lipinski definition) is 8. The van der Waals surface area contributed by atoms with Crippen LogP contribution in [-0.4, -0.2) is 34.1 Å². The molecule has 0 aliphatic rings. The number of rotatable bonds is 10. The van der Waals surface area contributed by atoms with Crippen LogP contribution in [0.25, 0.3) is 0 Å². The zero-order valence-electron chi connectivity index (χ0n) is 14.8. The fourth-order valence-electron chi connectivity index (χ4n) is 2.15. The van der Waals surface area contributed by atoms with Crippen LogP contribution in [0.15, 0.2) is 39.3 Å². The summed E-state index contributed by atoms with van der Waals surface area (Å²) in [4.78, 5) is 4.40. The second-order valence-electron chi connectivity index (χ2n) is 5.51. The molecule has 26 heavy (non-hydrogen) atoms. The molecule has 0 aliphatic heterocycles. The minimum absolute atomic E-state index is 0.555. The van der Waals surface area contributed by atoms with E-state index in [1.807, 2.05) is 36.6 Å². The van der Waals surface area contributed by atoms with Gasteiger partial charge in [0.05, 0.1) is 30.3 Å². The Balaban J connectivity index is 1.38. The second kappa shape index (κ2) is 9.59. The van der Waals surface area contributed by atoms with Gasteiger partial charge in [0, 0.05) is 11.1 Å². The first kappa shape index (κ1) is 18.7. The van der Waals surface area contributed by atoms with Crippen LogP contribution in [0.4, 0.5) is 0 Å². The van der Waals surface area contributed by atoms with Crippen LogP contribution in [0.3, 0.4) is 0 Å². The molecule has 0 atom stereocenters. The third kappa shape index (κ3) is 5.74. The van der Waals surface area contributed by atoms with E-state index in [0.717, 1.165) is 41.0 Å². The van der Waals surface area contributed by atoms with Crippen LogP contribution >= 0.6 is 23.1 Å². The first-order valence-corrected chi connectivity index (χ1v) is 10.3. The summed E-state index contributed by atoms with van der Waals surface area (Å²) in [7, 11) is 0. The van der Waals surface area contributed by atoms with Crippen molar-refractivity contribution in [1.82, 2.24) is 15.2 Å². The third-order valence-corrected chi connectivity index (χ3v) is 4.93. The summed E-state index contributed by atoms with van der Waals surface area (Å²) in [6.45, 7) is 5.35. The molecular weight excluding hydrogens is 370 g/mol.